The molecule has 1 aromatic carbocycles. The summed E-state index contributed by atoms with van der Waals surface area (Å²) in [5.41, 5.74) is 10.2. The predicted molar refractivity (Wildman–Crippen MR) is 72.3 cm³/mol. The zero-order valence-corrected chi connectivity index (χ0v) is 11.4. The van der Waals surface area contributed by atoms with Crippen molar-refractivity contribution < 1.29 is 0 Å². The first-order chi connectivity index (χ1) is 8.36. The number of hydrogen-bond acceptors (Lipinski definition) is 3. The van der Waals surface area contributed by atoms with Gasteiger partial charge in [-0.25, -0.2) is 4.68 Å². The fourth-order valence-corrected chi connectivity index (χ4v) is 1.76. The average molecular weight is 244 g/mol. The van der Waals surface area contributed by atoms with Crippen molar-refractivity contribution in [2.45, 2.75) is 39.8 Å². The molecular formula is C14H20N4. The van der Waals surface area contributed by atoms with Crippen LogP contribution in [0.4, 0.5) is 0 Å². The number of aromatic nitrogens is 3. The molecule has 4 nitrogen and oxygen atoms in total. The standard InChI is InChI=1S/C14H20N4/c1-10-5-6-12(7-11(10)2)8-18-9-13(16-17-18)14(3,4)15/h5-7,9H,8,15H2,1-4H3. The van der Waals surface area contributed by atoms with Crippen LogP contribution in [0.2, 0.25) is 0 Å². The Kier molecular flexibility index (Phi) is 3.22. The van der Waals surface area contributed by atoms with E-state index in [0.717, 1.165) is 12.2 Å². The van der Waals surface area contributed by atoms with E-state index < -0.39 is 5.54 Å². The Bertz CT molecular complexity index is 549. The Morgan fingerprint density at radius 1 is 1.22 bits per heavy atom. The van der Waals surface area contributed by atoms with E-state index in [4.69, 9.17) is 5.73 Å². The highest BCUT2D eigenvalue weighted by Crippen LogP contribution is 2.14. The molecular weight excluding hydrogens is 224 g/mol. The summed E-state index contributed by atoms with van der Waals surface area (Å²) in [5.74, 6) is 0. The Labute approximate surface area is 108 Å². The first-order valence-electron chi connectivity index (χ1n) is 6.12. The maximum atomic E-state index is 5.99. The predicted octanol–water partition coefficient (Wildman–Crippen LogP) is 2.14. The van der Waals surface area contributed by atoms with Gasteiger partial charge >= 0.3 is 0 Å². The number of nitrogens with zero attached hydrogens (tertiary/aromatic N) is 3. The molecule has 0 spiro atoms. The molecule has 0 aliphatic rings. The molecule has 0 saturated carbocycles. The van der Waals surface area contributed by atoms with Gasteiger partial charge in [-0.3, -0.25) is 0 Å². The topological polar surface area (TPSA) is 56.7 Å². The lowest BCUT2D eigenvalue weighted by atomic mass is 10.0. The molecule has 0 unspecified atom stereocenters. The van der Waals surface area contributed by atoms with Crippen LogP contribution in [0.3, 0.4) is 0 Å². The molecule has 4 heteroatoms. The van der Waals surface area contributed by atoms with Crippen molar-refractivity contribution in [2.24, 2.45) is 5.73 Å². The maximum absolute atomic E-state index is 5.99. The molecule has 0 bridgehead atoms. The summed E-state index contributed by atoms with van der Waals surface area (Å²) in [4.78, 5) is 0. The van der Waals surface area contributed by atoms with Crippen LogP contribution < -0.4 is 5.73 Å². The second-order valence-corrected chi connectivity index (χ2v) is 5.44. The van der Waals surface area contributed by atoms with E-state index in [0.29, 0.717) is 0 Å². The molecule has 0 aliphatic carbocycles. The number of nitrogens with two attached hydrogens (primary N) is 1. The van der Waals surface area contributed by atoms with E-state index in [-0.39, 0.29) is 0 Å². The first kappa shape index (κ1) is 12.8. The van der Waals surface area contributed by atoms with Gasteiger partial charge in [-0.15, -0.1) is 5.10 Å². The largest absolute Gasteiger partial charge is 0.320 e. The SMILES string of the molecule is Cc1ccc(Cn2cc(C(C)(C)N)nn2)cc1C. The second-order valence-electron chi connectivity index (χ2n) is 5.44. The summed E-state index contributed by atoms with van der Waals surface area (Å²) in [5, 5.41) is 8.23. The Morgan fingerprint density at radius 2 is 1.94 bits per heavy atom. The Hall–Kier alpha value is -1.68. The van der Waals surface area contributed by atoms with Gasteiger partial charge < -0.3 is 5.73 Å². The molecule has 2 aromatic rings. The molecule has 0 aliphatic heterocycles. The molecule has 2 N–H and O–H groups in total. The fourth-order valence-electron chi connectivity index (χ4n) is 1.76. The van der Waals surface area contributed by atoms with E-state index in [2.05, 4.69) is 42.4 Å². The van der Waals surface area contributed by atoms with Gasteiger partial charge in [0.2, 0.25) is 0 Å². The van der Waals surface area contributed by atoms with Crippen LogP contribution in [-0.4, -0.2) is 15.0 Å². The van der Waals surface area contributed by atoms with Gasteiger partial charge in [0, 0.05) is 0 Å². The van der Waals surface area contributed by atoms with Gasteiger partial charge in [0.15, 0.2) is 0 Å². The first-order valence-corrected chi connectivity index (χ1v) is 6.12. The second kappa shape index (κ2) is 4.53. The van der Waals surface area contributed by atoms with Crippen LogP contribution in [0.5, 0.6) is 0 Å². The van der Waals surface area contributed by atoms with Crippen molar-refractivity contribution in [3.05, 3.63) is 46.8 Å². The molecule has 1 aromatic heterocycles. The zero-order chi connectivity index (χ0) is 13.3. The van der Waals surface area contributed by atoms with Crippen LogP contribution >= 0.6 is 0 Å². The third-order valence-electron chi connectivity index (χ3n) is 3.11. The lowest BCUT2D eigenvalue weighted by Crippen LogP contribution is -2.29. The minimum absolute atomic E-state index is 0.443. The van der Waals surface area contributed by atoms with Crippen LogP contribution in [0, 0.1) is 13.8 Å². The summed E-state index contributed by atoms with van der Waals surface area (Å²) in [6.07, 6.45) is 1.91. The van der Waals surface area contributed by atoms with Crippen LogP contribution in [-0.2, 0) is 12.1 Å². The Balaban J connectivity index is 2.19. The monoisotopic (exact) mass is 244 g/mol. The molecule has 2 rings (SSSR count). The lowest BCUT2D eigenvalue weighted by molar-refractivity contribution is 0.533. The smallest absolute Gasteiger partial charge is 0.102 e. The normalized spacial score (nSPS) is 11.8. The number of benzene rings is 1. The average Bonchev–Trinajstić information content (AvgIpc) is 2.72. The van der Waals surface area contributed by atoms with Crippen LogP contribution in [0.1, 0.15) is 36.2 Å². The van der Waals surface area contributed by atoms with E-state index in [1.807, 2.05) is 24.7 Å². The summed E-state index contributed by atoms with van der Waals surface area (Å²) in [7, 11) is 0. The third-order valence-corrected chi connectivity index (χ3v) is 3.11. The quantitative estimate of drug-likeness (QED) is 0.900. The molecule has 0 radical (unpaired) electrons. The summed E-state index contributed by atoms with van der Waals surface area (Å²) >= 11 is 0. The Morgan fingerprint density at radius 3 is 2.50 bits per heavy atom. The molecule has 1 heterocycles. The van der Waals surface area contributed by atoms with E-state index >= 15 is 0 Å². The molecule has 18 heavy (non-hydrogen) atoms. The zero-order valence-electron chi connectivity index (χ0n) is 11.4. The van der Waals surface area contributed by atoms with Gasteiger partial charge in [-0.05, 0) is 44.4 Å². The van der Waals surface area contributed by atoms with E-state index in [1.165, 1.54) is 16.7 Å². The number of hydrogen-bond donors (Lipinski definition) is 1. The lowest BCUT2D eigenvalue weighted by Gasteiger charge is -2.13. The highest BCUT2D eigenvalue weighted by atomic mass is 15.4. The van der Waals surface area contributed by atoms with Gasteiger partial charge in [0.1, 0.15) is 5.69 Å². The van der Waals surface area contributed by atoms with Crippen molar-refractivity contribution in [1.82, 2.24) is 15.0 Å². The molecule has 96 valence electrons. The number of aryl methyl sites for hydroxylation is 2. The highest BCUT2D eigenvalue weighted by molar-refractivity contribution is 5.30. The molecule has 0 atom stereocenters. The minimum Gasteiger partial charge on any atom is -0.320 e. The summed E-state index contributed by atoms with van der Waals surface area (Å²) < 4.78 is 1.83. The minimum atomic E-state index is -0.443. The van der Waals surface area contributed by atoms with E-state index in [9.17, 15) is 0 Å². The third kappa shape index (κ3) is 2.76. The summed E-state index contributed by atoms with van der Waals surface area (Å²) in [6.45, 7) is 8.82. The van der Waals surface area contributed by atoms with Crippen molar-refractivity contribution in [2.75, 3.05) is 0 Å². The van der Waals surface area contributed by atoms with E-state index in [1.54, 1.807) is 0 Å². The van der Waals surface area contributed by atoms with Crippen LogP contribution in [0.25, 0.3) is 0 Å². The van der Waals surface area contributed by atoms with Crippen molar-refractivity contribution in [3.63, 3.8) is 0 Å². The highest BCUT2D eigenvalue weighted by Gasteiger charge is 2.18. The van der Waals surface area contributed by atoms with Crippen LogP contribution in [0.15, 0.2) is 24.4 Å². The molecule has 0 saturated heterocycles. The van der Waals surface area contributed by atoms with Gasteiger partial charge in [0.25, 0.3) is 0 Å². The number of rotatable bonds is 3. The van der Waals surface area contributed by atoms with Crippen molar-refractivity contribution in [1.29, 1.82) is 0 Å². The van der Waals surface area contributed by atoms with Crippen molar-refractivity contribution in [3.8, 4) is 0 Å². The van der Waals surface area contributed by atoms with Gasteiger partial charge in [-0.1, -0.05) is 23.4 Å². The van der Waals surface area contributed by atoms with Gasteiger partial charge in [0.05, 0.1) is 18.3 Å². The fraction of sp³-hybridized carbons (Fsp3) is 0.429. The van der Waals surface area contributed by atoms with Crippen molar-refractivity contribution >= 4 is 0 Å². The molecule has 0 amide bonds. The maximum Gasteiger partial charge on any atom is 0.102 e. The van der Waals surface area contributed by atoms with Gasteiger partial charge in [-0.2, -0.15) is 0 Å². The molecule has 0 fully saturated rings. The summed E-state index contributed by atoms with van der Waals surface area (Å²) in [6, 6.07) is 6.44.